The van der Waals surface area contributed by atoms with Crippen molar-refractivity contribution >= 4 is 22.6 Å². The molecule has 144 valence electrons. The summed E-state index contributed by atoms with van der Waals surface area (Å²) in [5.74, 6) is -1.31. The number of nitrogens with zero attached hydrogens (tertiary/aromatic N) is 2. The van der Waals surface area contributed by atoms with Gasteiger partial charge in [0, 0.05) is 12.6 Å². The van der Waals surface area contributed by atoms with Crippen LogP contribution in [-0.4, -0.2) is 26.8 Å². The molecule has 0 atom stereocenters. The SMILES string of the molecule is O=C(O)Cn1c(=O)c2cc(F)c(NCC3CC3)cc2n(C2CCCC2)c1=O. The molecule has 1 aromatic heterocycles. The van der Waals surface area contributed by atoms with Gasteiger partial charge in [-0.15, -0.1) is 0 Å². The van der Waals surface area contributed by atoms with E-state index in [0.29, 0.717) is 22.5 Å². The van der Waals surface area contributed by atoms with Crippen LogP contribution in [0.15, 0.2) is 21.7 Å². The summed E-state index contributed by atoms with van der Waals surface area (Å²) >= 11 is 0. The van der Waals surface area contributed by atoms with E-state index in [0.717, 1.165) is 44.6 Å². The van der Waals surface area contributed by atoms with Gasteiger partial charge in [-0.3, -0.25) is 14.2 Å². The molecule has 0 spiro atoms. The first-order valence-corrected chi connectivity index (χ1v) is 9.40. The second-order valence-corrected chi connectivity index (χ2v) is 7.55. The number of hydrogen-bond acceptors (Lipinski definition) is 4. The molecule has 2 aliphatic rings. The van der Waals surface area contributed by atoms with Crippen LogP contribution in [0.3, 0.4) is 0 Å². The van der Waals surface area contributed by atoms with Crippen molar-refractivity contribution in [2.24, 2.45) is 5.92 Å². The van der Waals surface area contributed by atoms with Crippen molar-refractivity contribution in [3.05, 3.63) is 38.8 Å². The number of carboxylic acid groups (broad SMARTS) is 1. The smallest absolute Gasteiger partial charge is 0.332 e. The summed E-state index contributed by atoms with van der Waals surface area (Å²) in [5.41, 5.74) is -0.755. The van der Waals surface area contributed by atoms with Crippen LogP contribution in [-0.2, 0) is 11.3 Å². The van der Waals surface area contributed by atoms with Crippen LogP contribution in [0.4, 0.5) is 10.1 Å². The lowest BCUT2D eigenvalue weighted by molar-refractivity contribution is -0.137. The van der Waals surface area contributed by atoms with E-state index in [-0.39, 0.29) is 17.1 Å². The van der Waals surface area contributed by atoms with Crippen molar-refractivity contribution in [1.82, 2.24) is 9.13 Å². The first-order chi connectivity index (χ1) is 13.0. The monoisotopic (exact) mass is 375 g/mol. The highest BCUT2D eigenvalue weighted by atomic mass is 19.1. The van der Waals surface area contributed by atoms with Crippen LogP contribution in [0, 0.1) is 11.7 Å². The van der Waals surface area contributed by atoms with Crippen LogP contribution >= 0.6 is 0 Å². The Morgan fingerprint density at radius 2 is 1.89 bits per heavy atom. The number of anilines is 1. The van der Waals surface area contributed by atoms with Crippen LogP contribution in [0.25, 0.3) is 10.9 Å². The van der Waals surface area contributed by atoms with Gasteiger partial charge in [0.15, 0.2) is 0 Å². The van der Waals surface area contributed by atoms with E-state index < -0.39 is 29.6 Å². The Kier molecular flexibility index (Phi) is 4.49. The molecule has 0 radical (unpaired) electrons. The highest BCUT2D eigenvalue weighted by Gasteiger charge is 2.25. The number of aromatic nitrogens is 2. The highest BCUT2D eigenvalue weighted by Crippen LogP contribution is 2.32. The summed E-state index contributed by atoms with van der Waals surface area (Å²) in [6, 6.07) is 2.54. The maximum atomic E-state index is 14.6. The quantitative estimate of drug-likeness (QED) is 0.808. The van der Waals surface area contributed by atoms with Gasteiger partial charge in [0.05, 0.1) is 16.6 Å². The van der Waals surface area contributed by atoms with Gasteiger partial charge in [-0.2, -0.15) is 0 Å². The summed E-state index contributed by atoms with van der Waals surface area (Å²) in [6.45, 7) is -0.0736. The van der Waals surface area contributed by atoms with Gasteiger partial charge in [-0.05, 0) is 43.7 Å². The lowest BCUT2D eigenvalue weighted by Gasteiger charge is -2.19. The van der Waals surface area contributed by atoms with E-state index in [4.69, 9.17) is 5.11 Å². The highest BCUT2D eigenvalue weighted by molar-refractivity contribution is 5.82. The predicted octanol–water partition coefficient (Wildman–Crippen LogP) is 2.32. The van der Waals surface area contributed by atoms with Crippen LogP contribution in [0.5, 0.6) is 0 Å². The molecule has 0 saturated heterocycles. The number of benzene rings is 1. The Labute approximate surface area is 154 Å². The zero-order valence-electron chi connectivity index (χ0n) is 14.9. The molecule has 7 nitrogen and oxygen atoms in total. The number of carbonyl (C=O) groups is 1. The molecular weight excluding hydrogens is 353 g/mol. The summed E-state index contributed by atoms with van der Waals surface area (Å²) in [6.07, 6.45) is 5.73. The van der Waals surface area contributed by atoms with Crippen molar-refractivity contribution in [3.63, 3.8) is 0 Å². The molecule has 0 bridgehead atoms. The van der Waals surface area contributed by atoms with Gasteiger partial charge in [0.1, 0.15) is 12.4 Å². The zero-order chi connectivity index (χ0) is 19.1. The fourth-order valence-electron chi connectivity index (χ4n) is 3.90. The number of halogens is 1. The third kappa shape index (κ3) is 3.36. The molecule has 0 aliphatic heterocycles. The van der Waals surface area contributed by atoms with E-state index in [1.165, 1.54) is 10.6 Å². The number of rotatable bonds is 6. The molecule has 0 unspecified atom stereocenters. The molecule has 2 aliphatic carbocycles. The van der Waals surface area contributed by atoms with E-state index in [9.17, 15) is 18.8 Å². The minimum atomic E-state index is -1.28. The van der Waals surface area contributed by atoms with Crippen LogP contribution < -0.4 is 16.6 Å². The van der Waals surface area contributed by atoms with Gasteiger partial charge in [0.2, 0.25) is 0 Å². The minimum absolute atomic E-state index is 0.0391. The predicted molar refractivity (Wildman–Crippen MR) is 98.8 cm³/mol. The van der Waals surface area contributed by atoms with Gasteiger partial charge in [-0.1, -0.05) is 12.8 Å². The maximum absolute atomic E-state index is 14.6. The second kappa shape index (κ2) is 6.83. The Morgan fingerprint density at radius 3 is 2.52 bits per heavy atom. The van der Waals surface area contributed by atoms with E-state index >= 15 is 0 Å². The second-order valence-electron chi connectivity index (χ2n) is 7.55. The third-order valence-electron chi connectivity index (χ3n) is 5.52. The largest absolute Gasteiger partial charge is 0.480 e. The number of fused-ring (bicyclic) bond motifs is 1. The lowest BCUT2D eigenvalue weighted by atomic mass is 10.1. The molecule has 2 aromatic rings. The average molecular weight is 375 g/mol. The van der Waals surface area contributed by atoms with Gasteiger partial charge >= 0.3 is 11.7 Å². The number of nitrogens with one attached hydrogen (secondary N) is 1. The molecule has 0 amide bonds. The fraction of sp³-hybridized carbons (Fsp3) is 0.526. The first-order valence-electron chi connectivity index (χ1n) is 9.40. The summed E-state index contributed by atoms with van der Waals surface area (Å²) in [5, 5.41) is 12.2. The summed E-state index contributed by atoms with van der Waals surface area (Å²) in [4.78, 5) is 36.8. The number of hydrogen-bond donors (Lipinski definition) is 2. The van der Waals surface area contributed by atoms with Gasteiger partial charge in [-0.25, -0.2) is 13.8 Å². The molecule has 2 saturated carbocycles. The molecule has 2 fully saturated rings. The number of aliphatic carboxylic acids is 1. The molecule has 1 aromatic carbocycles. The minimum Gasteiger partial charge on any atom is -0.480 e. The zero-order valence-corrected chi connectivity index (χ0v) is 14.9. The Balaban J connectivity index is 1.92. The topological polar surface area (TPSA) is 93.3 Å². The Bertz CT molecular complexity index is 1020. The Morgan fingerprint density at radius 1 is 1.19 bits per heavy atom. The van der Waals surface area contributed by atoms with E-state index in [2.05, 4.69) is 5.32 Å². The lowest BCUT2D eigenvalue weighted by Crippen LogP contribution is -2.42. The van der Waals surface area contributed by atoms with Gasteiger partial charge in [0.25, 0.3) is 5.56 Å². The average Bonchev–Trinajstić information content (AvgIpc) is 3.30. The van der Waals surface area contributed by atoms with E-state index in [1.807, 2.05) is 0 Å². The van der Waals surface area contributed by atoms with Gasteiger partial charge < -0.3 is 10.4 Å². The molecule has 1 heterocycles. The first kappa shape index (κ1) is 17.8. The molecule has 27 heavy (non-hydrogen) atoms. The Hall–Kier alpha value is -2.64. The van der Waals surface area contributed by atoms with Crippen molar-refractivity contribution in [1.29, 1.82) is 0 Å². The van der Waals surface area contributed by atoms with Crippen LogP contribution in [0.1, 0.15) is 44.6 Å². The summed E-state index contributed by atoms with van der Waals surface area (Å²) < 4.78 is 16.7. The van der Waals surface area contributed by atoms with Crippen molar-refractivity contribution in [2.45, 2.75) is 51.1 Å². The van der Waals surface area contributed by atoms with Crippen molar-refractivity contribution in [2.75, 3.05) is 11.9 Å². The number of carboxylic acids is 1. The maximum Gasteiger partial charge on any atom is 0.332 e. The van der Waals surface area contributed by atoms with Crippen molar-refractivity contribution in [3.8, 4) is 0 Å². The molecule has 2 N–H and O–H groups in total. The fourth-order valence-corrected chi connectivity index (χ4v) is 3.90. The van der Waals surface area contributed by atoms with Crippen molar-refractivity contribution < 1.29 is 14.3 Å². The molecule has 8 heteroatoms. The normalized spacial score (nSPS) is 17.5. The standard InChI is InChI=1S/C19H22FN3O4/c20-14-7-13-16(8-15(14)21-9-11-5-6-11)23(12-3-1-2-4-12)19(27)22(18(13)26)10-17(24)25/h7-8,11-12,21H,1-6,9-10H2,(H,24,25). The molecule has 4 rings (SSSR count). The molecular formula is C19H22FN3O4. The van der Waals surface area contributed by atoms with E-state index in [1.54, 1.807) is 0 Å². The van der Waals surface area contributed by atoms with Crippen LogP contribution in [0.2, 0.25) is 0 Å². The third-order valence-corrected chi connectivity index (χ3v) is 5.52. The summed E-state index contributed by atoms with van der Waals surface area (Å²) in [7, 11) is 0.